The Bertz CT molecular complexity index is 282. The summed E-state index contributed by atoms with van der Waals surface area (Å²) in [4.78, 5) is 2.58. The van der Waals surface area contributed by atoms with E-state index >= 15 is 0 Å². The van der Waals surface area contributed by atoms with Crippen LogP contribution in [0, 0.1) is 0 Å². The summed E-state index contributed by atoms with van der Waals surface area (Å²) in [6.45, 7) is 3.23. The molecule has 0 bridgehead atoms. The lowest BCUT2D eigenvalue weighted by atomic mass is 9.91. The van der Waals surface area contributed by atoms with Crippen LogP contribution in [-0.2, 0) is 6.54 Å². The minimum atomic E-state index is 0.769. The predicted molar refractivity (Wildman–Crippen MR) is 66.8 cm³/mol. The Hall–Kier alpha value is -0.540. The second-order valence-corrected chi connectivity index (χ2v) is 4.81. The van der Waals surface area contributed by atoms with Crippen molar-refractivity contribution in [2.45, 2.75) is 38.3 Å². The summed E-state index contributed by atoms with van der Waals surface area (Å²) < 4.78 is 2.01. The maximum absolute atomic E-state index is 5.77. The van der Waals surface area contributed by atoms with Gasteiger partial charge in [0.15, 0.2) is 0 Å². The van der Waals surface area contributed by atoms with Gasteiger partial charge in [-0.05, 0) is 31.9 Å². The summed E-state index contributed by atoms with van der Waals surface area (Å²) in [5.74, 6) is 0.769. The molecule has 1 heterocycles. The van der Waals surface area contributed by atoms with E-state index in [1.165, 1.54) is 19.3 Å². The van der Waals surface area contributed by atoms with E-state index in [0.717, 1.165) is 38.0 Å². The van der Waals surface area contributed by atoms with E-state index in [9.17, 15) is 0 Å². The molecule has 1 aromatic heterocycles. The first-order valence-electron chi connectivity index (χ1n) is 6.17. The fourth-order valence-electron chi connectivity index (χ4n) is 2.16. The zero-order chi connectivity index (χ0) is 11.2. The van der Waals surface area contributed by atoms with Gasteiger partial charge in [0.2, 0.25) is 0 Å². The normalized spacial score (nSPS) is 16.6. The van der Waals surface area contributed by atoms with Crippen LogP contribution in [0.25, 0.3) is 0 Å². The van der Waals surface area contributed by atoms with Gasteiger partial charge < -0.3 is 0 Å². The number of hydrogen-bond acceptors (Lipinski definition) is 2. The Morgan fingerprint density at radius 1 is 1.38 bits per heavy atom. The maximum Gasteiger partial charge on any atom is 0.0536 e. The van der Waals surface area contributed by atoms with Gasteiger partial charge in [-0.1, -0.05) is 6.42 Å². The van der Waals surface area contributed by atoms with Crippen molar-refractivity contribution in [1.82, 2.24) is 14.7 Å². The zero-order valence-electron chi connectivity index (χ0n) is 9.69. The van der Waals surface area contributed by atoms with Gasteiger partial charge in [0, 0.05) is 30.9 Å². The van der Waals surface area contributed by atoms with Crippen molar-refractivity contribution >= 4 is 11.6 Å². The molecule has 1 fully saturated rings. The van der Waals surface area contributed by atoms with Crippen molar-refractivity contribution in [2.24, 2.45) is 0 Å². The molecule has 0 atom stereocenters. The van der Waals surface area contributed by atoms with E-state index in [1.54, 1.807) is 0 Å². The third kappa shape index (κ3) is 3.22. The van der Waals surface area contributed by atoms with Crippen LogP contribution in [0.4, 0.5) is 0 Å². The average molecular weight is 242 g/mol. The van der Waals surface area contributed by atoms with Gasteiger partial charge in [-0.2, -0.15) is 5.10 Å². The highest BCUT2D eigenvalue weighted by molar-refractivity contribution is 6.17. The number of rotatable bonds is 7. The molecule has 0 N–H and O–H groups in total. The van der Waals surface area contributed by atoms with Crippen LogP contribution in [0.1, 0.15) is 25.7 Å². The van der Waals surface area contributed by atoms with Crippen LogP contribution in [0.15, 0.2) is 18.5 Å². The Morgan fingerprint density at radius 3 is 2.81 bits per heavy atom. The average Bonchev–Trinajstić information content (AvgIpc) is 2.72. The molecule has 4 heteroatoms. The maximum atomic E-state index is 5.77. The highest BCUT2D eigenvalue weighted by atomic mass is 35.5. The quantitative estimate of drug-likeness (QED) is 0.684. The van der Waals surface area contributed by atoms with Gasteiger partial charge in [-0.25, -0.2) is 0 Å². The van der Waals surface area contributed by atoms with Crippen molar-refractivity contribution in [3.8, 4) is 0 Å². The van der Waals surface area contributed by atoms with E-state index in [0.29, 0.717) is 0 Å². The van der Waals surface area contributed by atoms with Crippen LogP contribution in [0.3, 0.4) is 0 Å². The van der Waals surface area contributed by atoms with Gasteiger partial charge in [0.05, 0.1) is 6.54 Å². The number of aromatic nitrogens is 2. The molecule has 1 aliphatic rings. The number of hydrogen-bond donors (Lipinski definition) is 0. The molecule has 3 nitrogen and oxygen atoms in total. The Balaban J connectivity index is 1.76. The molecule has 0 unspecified atom stereocenters. The van der Waals surface area contributed by atoms with Gasteiger partial charge in [0.25, 0.3) is 0 Å². The number of halogens is 1. The summed E-state index contributed by atoms with van der Waals surface area (Å²) in [6.07, 6.45) is 9.08. The first-order valence-corrected chi connectivity index (χ1v) is 6.71. The summed E-state index contributed by atoms with van der Waals surface area (Å²) in [5, 5.41) is 4.24. The zero-order valence-corrected chi connectivity index (χ0v) is 10.4. The standard InChI is InChI=1S/C12H20ClN3/c13-6-2-8-15(12-4-1-5-12)10-11-16-9-3-7-14-16/h3,7,9,12H,1-2,4-6,8,10-11H2. The van der Waals surface area contributed by atoms with Crippen molar-refractivity contribution in [3.63, 3.8) is 0 Å². The van der Waals surface area contributed by atoms with Gasteiger partial charge in [-0.3, -0.25) is 9.58 Å². The highest BCUT2D eigenvalue weighted by Crippen LogP contribution is 2.24. The topological polar surface area (TPSA) is 21.1 Å². The van der Waals surface area contributed by atoms with Crippen molar-refractivity contribution in [1.29, 1.82) is 0 Å². The van der Waals surface area contributed by atoms with Crippen LogP contribution < -0.4 is 0 Å². The molecule has 1 aliphatic carbocycles. The van der Waals surface area contributed by atoms with Gasteiger partial charge in [0.1, 0.15) is 0 Å². The van der Waals surface area contributed by atoms with Crippen LogP contribution >= 0.6 is 11.6 Å². The summed E-state index contributed by atoms with van der Waals surface area (Å²) >= 11 is 5.77. The lowest BCUT2D eigenvalue weighted by Gasteiger charge is -2.37. The van der Waals surface area contributed by atoms with Crippen LogP contribution in [-0.4, -0.2) is 39.7 Å². The number of alkyl halides is 1. The van der Waals surface area contributed by atoms with E-state index in [-0.39, 0.29) is 0 Å². The lowest BCUT2D eigenvalue weighted by molar-refractivity contribution is 0.121. The fourth-order valence-corrected chi connectivity index (χ4v) is 2.27. The molecule has 0 saturated heterocycles. The molecular formula is C12H20ClN3. The van der Waals surface area contributed by atoms with Crippen molar-refractivity contribution in [2.75, 3.05) is 19.0 Å². The molecular weight excluding hydrogens is 222 g/mol. The highest BCUT2D eigenvalue weighted by Gasteiger charge is 2.23. The SMILES string of the molecule is ClCCCN(CCn1cccn1)C1CCC1. The fraction of sp³-hybridized carbons (Fsp3) is 0.750. The second kappa shape index (κ2) is 6.26. The minimum absolute atomic E-state index is 0.769. The molecule has 1 saturated carbocycles. The van der Waals surface area contributed by atoms with E-state index < -0.39 is 0 Å². The lowest BCUT2D eigenvalue weighted by Crippen LogP contribution is -2.42. The molecule has 2 rings (SSSR count). The van der Waals surface area contributed by atoms with Crippen molar-refractivity contribution < 1.29 is 0 Å². The second-order valence-electron chi connectivity index (χ2n) is 4.43. The largest absolute Gasteiger partial charge is 0.299 e. The minimum Gasteiger partial charge on any atom is -0.299 e. The van der Waals surface area contributed by atoms with Gasteiger partial charge >= 0.3 is 0 Å². The molecule has 0 spiro atoms. The molecule has 0 aliphatic heterocycles. The van der Waals surface area contributed by atoms with E-state index in [2.05, 4.69) is 10.00 Å². The Morgan fingerprint density at radius 2 is 2.25 bits per heavy atom. The van der Waals surface area contributed by atoms with E-state index in [1.807, 2.05) is 23.1 Å². The molecule has 1 aromatic rings. The number of nitrogens with zero attached hydrogens (tertiary/aromatic N) is 3. The molecule has 90 valence electrons. The molecule has 0 amide bonds. The first kappa shape index (κ1) is 11.9. The Kier molecular flexibility index (Phi) is 4.67. The Labute approximate surface area is 102 Å². The summed E-state index contributed by atoms with van der Waals surface area (Å²) in [5.41, 5.74) is 0. The van der Waals surface area contributed by atoms with Gasteiger partial charge in [-0.15, -0.1) is 11.6 Å². The monoisotopic (exact) mass is 241 g/mol. The van der Waals surface area contributed by atoms with E-state index in [4.69, 9.17) is 11.6 Å². The van der Waals surface area contributed by atoms with Crippen molar-refractivity contribution in [3.05, 3.63) is 18.5 Å². The smallest absolute Gasteiger partial charge is 0.0536 e. The molecule has 0 aromatic carbocycles. The first-order chi connectivity index (χ1) is 7.90. The predicted octanol–water partition coefficient (Wildman–Crippen LogP) is 2.37. The third-order valence-corrected chi connectivity index (χ3v) is 3.61. The summed E-state index contributed by atoms with van der Waals surface area (Å²) in [7, 11) is 0. The molecule has 0 radical (unpaired) electrons. The van der Waals surface area contributed by atoms with Crippen LogP contribution in [0.2, 0.25) is 0 Å². The third-order valence-electron chi connectivity index (χ3n) is 3.35. The molecule has 16 heavy (non-hydrogen) atoms. The van der Waals surface area contributed by atoms with Crippen LogP contribution in [0.5, 0.6) is 0 Å². The summed E-state index contributed by atoms with van der Waals surface area (Å²) in [6, 6.07) is 2.78.